The summed E-state index contributed by atoms with van der Waals surface area (Å²) in [5.74, 6) is -0.623. The standard InChI is InChI=1S/C17H14ClF4N5O2S/c1-8-16(30(2,28)29)25-15(23-8)14(9-3-4-11(19)10(18)7-9)24-13-6-5-12(26-27-13)17(20,21)22/h3-7,14H,1-2H3,(H,23,25)(H,24,27). The summed E-state index contributed by atoms with van der Waals surface area (Å²) in [6.45, 7) is 1.50. The third kappa shape index (κ3) is 4.70. The van der Waals surface area contributed by atoms with Gasteiger partial charge in [0.2, 0.25) is 0 Å². The molecule has 3 rings (SSSR count). The van der Waals surface area contributed by atoms with E-state index in [1.165, 1.54) is 19.1 Å². The molecule has 0 radical (unpaired) electrons. The van der Waals surface area contributed by atoms with Crippen molar-refractivity contribution in [3.8, 4) is 0 Å². The number of hydrogen-bond acceptors (Lipinski definition) is 6. The van der Waals surface area contributed by atoms with E-state index in [0.29, 0.717) is 5.56 Å². The number of nitrogens with zero attached hydrogens (tertiary/aromatic N) is 3. The van der Waals surface area contributed by atoms with Crippen molar-refractivity contribution in [3.05, 3.63) is 63.9 Å². The molecule has 2 N–H and O–H groups in total. The van der Waals surface area contributed by atoms with Gasteiger partial charge in [-0.25, -0.2) is 17.8 Å². The molecule has 0 aliphatic carbocycles. The van der Waals surface area contributed by atoms with E-state index in [-0.39, 0.29) is 27.4 Å². The number of aryl methyl sites for hydroxylation is 1. The van der Waals surface area contributed by atoms with Crippen molar-refractivity contribution < 1.29 is 26.0 Å². The van der Waals surface area contributed by atoms with Gasteiger partial charge in [0, 0.05) is 6.26 Å². The van der Waals surface area contributed by atoms with Gasteiger partial charge in [-0.1, -0.05) is 17.7 Å². The van der Waals surface area contributed by atoms with Crippen molar-refractivity contribution in [2.24, 2.45) is 0 Å². The second kappa shape index (κ2) is 7.84. The third-order valence-electron chi connectivity index (χ3n) is 4.01. The minimum atomic E-state index is -4.65. The Labute approximate surface area is 173 Å². The Morgan fingerprint density at radius 3 is 2.37 bits per heavy atom. The first-order valence-corrected chi connectivity index (χ1v) is 10.5. The average Bonchev–Trinajstić information content (AvgIpc) is 3.03. The highest BCUT2D eigenvalue weighted by Crippen LogP contribution is 2.30. The maximum atomic E-state index is 13.6. The van der Waals surface area contributed by atoms with Crippen LogP contribution in [0.4, 0.5) is 23.4 Å². The Bertz CT molecular complexity index is 1180. The normalized spacial score (nSPS) is 13.3. The van der Waals surface area contributed by atoms with Crippen molar-refractivity contribution in [2.45, 2.75) is 24.2 Å². The summed E-state index contributed by atoms with van der Waals surface area (Å²) in [5.41, 5.74) is -0.564. The van der Waals surface area contributed by atoms with E-state index in [4.69, 9.17) is 11.6 Å². The van der Waals surface area contributed by atoms with Gasteiger partial charge in [0.1, 0.15) is 23.5 Å². The highest BCUT2D eigenvalue weighted by Gasteiger charge is 2.33. The fourth-order valence-electron chi connectivity index (χ4n) is 2.67. The van der Waals surface area contributed by atoms with Crippen molar-refractivity contribution in [1.82, 2.24) is 20.2 Å². The van der Waals surface area contributed by atoms with Crippen LogP contribution in [-0.4, -0.2) is 34.8 Å². The number of rotatable bonds is 5. The molecule has 0 spiro atoms. The number of halogens is 5. The predicted molar refractivity (Wildman–Crippen MR) is 100 cm³/mol. The Morgan fingerprint density at radius 1 is 1.17 bits per heavy atom. The molecule has 0 bridgehead atoms. The first-order chi connectivity index (χ1) is 13.9. The highest BCUT2D eigenvalue weighted by molar-refractivity contribution is 7.90. The largest absolute Gasteiger partial charge is 0.435 e. The van der Waals surface area contributed by atoms with Gasteiger partial charge >= 0.3 is 6.18 Å². The van der Waals surface area contributed by atoms with Gasteiger partial charge in [-0.05, 0) is 36.8 Å². The summed E-state index contributed by atoms with van der Waals surface area (Å²) >= 11 is 5.85. The van der Waals surface area contributed by atoms with E-state index < -0.39 is 33.6 Å². The molecule has 1 unspecified atom stereocenters. The van der Waals surface area contributed by atoms with Crippen molar-refractivity contribution in [1.29, 1.82) is 0 Å². The number of nitrogens with one attached hydrogen (secondary N) is 2. The van der Waals surface area contributed by atoms with Gasteiger partial charge in [0.25, 0.3) is 0 Å². The van der Waals surface area contributed by atoms with Crippen LogP contribution in [0.25, 0.3) is 0 Å². The Hall–Kier alpha value is -2.73. The number of sulfone groups is 1. The van der Waals surface area contributed by atoms with Crippen LogP contribution < -0.4 is 5.32 Å². The fourth-order valence-corrected chi connectivity index (χ4v) is 3.73. The molecule has 0 saturated carbocycles. The van der Waals surface area contributed by atoms with E-state index in [2.05, 4.69) is 25.5 Å². The molecule has 0 aliphatic heterocycles. The molecular weight excluding hydrogens is 450 g/mol. The lowest BCUT2D eigenvalue weighted by Gasteiger charge is -2.18. The molecule has 3 aromatic rings. The quantitative estimate of drug-likeness (QED) is 0.556. The molecule has 0 amide bonds. The van der Waals surface area contributed by atoms with Gasteiger partial charge < -0.3 is 10.3 Å². The molecule has 160 valence electrons. The molecule has 2 aromatic heterocycles. The average molecular weight is 464 g/mol. The number of imidazole rings is 1. The minimum Gasteiger partial charge on any atom is -0.355 e. The number of aromatic amines is 1. The van der Waals surface area contributed by atoms with E-state index in [1.807, 2.05) is 0 Å². The summed E-state index contributed by atoms with van der Waals surface area (Å²) in [6.07, 6.45) is -3.67. The van der Waals surface area contributed by atoms with E-state index in [0.717, 1.165) is 24.5 Å². The zero-order valence-corrected chi connectivity index (χ0v) is 17.0. The monoisotopic (exact) mass is 463 g/mol. The highest BCUT2D eigenvalue weighted by atomic mass is 35.5. The second-order valence-corrected chi connectivity index (χ2v) is 8.72. The third-order valence-corrected chi connectivity index (χ3v) is 5.40. The molecule has 7 nitrogen and oxygen atoms in total. The summed E-state index contributed by atoms with van der Waals surface area (Å²) in [5, 5.41) is 9.06. The first-order valence-electron chi connectivity index (χ1n) is 8.25. The van der Waals surface area contributed by atoms with Crippen LogP contribution in [0.15, 0.2) is 35.4 Å². The molecule has 0 aliphatic rings. The summed E-state index contributed by atoms with van der Waals surface area (Å²) in [4.78, 5) is 6.91. The smallest absolute Gasteiger partial charge is 0.355 e. The summed E-state index contributed by atoms with van der Waals surface area (Å²) < 4.78 is 75.5. The van der Waals surface area contributed by atoms with Crippen molar-refractivity contribution >= 4 is 27.3 Å². The maximum Gasteiger partial charge on any atom is 0.435 e. The van der Waals surface area contributed by atoms with Crippen LogP contribution in [0.3, 0.4) is 0 Å². The molecule has 2 heterocycles. The molecular formula is C17H14ClF4N5O2S. The van der Waals surface area contributed by atoms with Crippen molar-refractivity contribution in [3.63, 3.8) is 0 Å². The number of benzene rings is 1. The van der Waals surface area contributed by atoms with Crippen LogP contribution in [0.5, 0.6) is 0 Å². The number of aromatic nitrogens is 4. The van der Waals surface area contributed by atoms with Crippen LogP contribution in [0.2, 0.25) is 5.02 Å². The molecule has 0 saturated heterocycles. The SMILES string of the molecule is Cc1[nH]c(C(Nc2ccc(C(F)(F)F)nn2)c2ccc(F)c(Cl)c2)nc1S(C)(=O)=O. The van der Waals surface area contributed by atoms with E-state index >= 15 is 0 Å². The predicted octanol–water partition coefficient (Wildman–Crippen LogP) is 3.92. The van der Waals surface area contributed by atoms with Gasteiger partial charge in [-0.15, -0.1) is 10.2 Å². The van der Waals surface area contributed by atoms with Gasteiger partial charge in [-0.2, -0.15) is 13.2 Å². The number of alkyl halides is 3. The Kier molecular flexibility index (Phi) is 5.74. The molecule has 30 heavy (non-hydrogen) atoms. The van der Waals surface area contributed by atoms with Crippen LogP contribution >= 0.6 is 11.6 Å². The lowest BCUT2D eigenvalue weighted by atomic mass is 10.1. The minimum absolute atomic E-state index is 0.0524. The van der Waals surface area contributed by atoms with E-state index in [1.54, 1.807) is 0 Å². The Morgan fingerprint density at radius 2 is 1.87 bits per heavy atom. The fraction of sp³-hybridized carbons (Fsp3) is 0.235. The number of anilines is 1. The molecule has 13 heteroatoms. The number of hydrogen-bond donors (Lipinski definition) is 2. The van der Waals surface area contributed by atoms with Gasteiger partial charge in [0.05, 0.1) is 10.7 Å². The van der Waals surface area contributed by atoms with Crippen LogP contribution in [0.1, 0.15) is 28.8 Å². The molecule has 0 fully saturated rings. The topological polar surface area (TPSA) is 101 Å². The lowest BCUT2D eigenvalue weighted by Crippen LogP contribution is -2.17. The number of H-pyrrole nitrogens is 1. The van der Waals surface area contributed by atoms with Crippen LogP contribution in [0, 0.1) is 12.7 Å². The lowest BCUT2D eigenvalue weighted by molar-refractivity contribution is -0.141. The zero-order valence-electron chi connectivity index (χ0n) is 15.4. The van der Waals surface area contributed by atoms with Gasteiger partial charge in [-0.3, -0.25) is 0 Å². The van der Waals surface area contributed by atoms with E-state index in [9.17, 15) is 26.0 Å². The van der Waals surface area contributed by atoms with Crippen molar-refractivity contribution in [2.75, 3.05) is 11.6 Å². The van der Waals surface area contributed by atoms with Gasteiger partial charge in [0.15, 0.2) is 20.6 Å². The first kappa shape index (κ1) is 22.0. The second-order valence-electron chi connectivity index (χ2n) is 6.38. The zero-order chi connectivity index (χ0) is 22.3. The summed E-state index contributed by atoms with van der Waals surface area (Å²) in [7, 11) is -3.65. The Balaban J connectivity index is 2.05. The summed E-state index contributed by atoms with van der Waals surface area (Å²) in [6, 6.07) is 4.60. The van der Waals surface area contributed by atoms with Crippen LogP contribution in [-0.2, 0) is 16.0 Å². The molecule has 1 aromatic carbocycles. The maximum absolute atomic E-state index is 13.6. The molecule has 1 atom stereocenters.